The monoisotopic (exact) mass is 1470 g/mol. The number of unbranched alkanes of at least 4 members (excludes halogenated alkanes) is 56. The lowest BCUT2D eigenvalue weighted by Gasteiger charge is -2.21. The number of carbonyl (C=O) groups is 4. The molecule has 17 nitrogen and oxygen atoms in total. The minimum Gasteiger partial charge on any atom is -0.462 e. The van der Waals surface area contributed by atoms with E-state index in [1.54, 1.807) is 0 Å². The topological polar surface area (TPSA) is 237 Å². The molecule has 594 valence electrons. The highest BCUT2D eigenvalue weighted by molar-refractivity contribution is 7.47. The van der Waals surface area contributed by atoms with E-state index in [0.717, 1.165) is 96.3 Å². The van der Waals surface area contributed by atoms with Crippen LogP contribution in [-0.4, -0.2) is 96.7 Å². The van der Waals surface area contributed by atoms with Gasteiger partial charge in [-0.1, -0.05) is 387 Å². The van der Waals surface area contributed by atoms with Crippen LogP contribution in [0.4, 0.5) is 0 Å². The van der Waals surface area contributed by atoms with Gasteiger partial charge in [0.25, 0.3) is 0 Å². The fourth-order valence-corrected chi connectivity index (χ4v) is 14.2. The zero-order chi connectivity index (χ0) is 73.2. The molecule has 0 aromatic heterocycles. The van der Waals surface area contributed by atoms with Crippen molar-refractivity contribution in [2.24, 2.45) is 0 Å². The van der Waals surface area contributed by atoms with Crippen molar-refractivity contribution in [3.05, 3.63) is 0 Å². The maximum absolute atomic E-state index is 13.1. The summed E-state index contributed by atoms with van der Waals surface area (Å²) in [6.07, 6.45) is 68.8. The van der Waals surface area contributed by atoms with Gasteiger partial charge >= 0.3 is 39.5 Å². The van der Waals surface area contributed by atoms with E-state index in [1.807, 2.05) is 0 Å². The van der Waals surface area contributed by atoms with Crippen LogP contribution in [0.15, 0.2) is 0 Å². The Morgan fingerprint density at radius 3 is 0.590 bits per heavy atom. The molecule has 0 aromatic carbocycles. The standard InChI is InChI=1S/C81H158O17P2/c1-5-9-13-17-20-23-26-28-30-32-34-36-38-40-42-44-46-49-51-54-58-62-66-79(84)92-72-77(98-81(86)68-64-60-56-53-50-47-45-43-41-39-37-35-33-31-29-27-24-21-18-14-10-6-2)74-96-100(89,90)94-70-75(82)69-93-99(87,88)95-73-76(71-91-78(83)65-61-57-16-12-8-4)97-80(85)67-63-59-55-52-48-25-22-19-15-11-7-3/h75-77,82H,5-74H2,1-4H3,(H,87,88)(H,89,90)/t75-,76+,77+/m0/s1. The molecule has 0 spiro atoms. The van der Waals surface area contributed by atoms with Crippen LogP contribution in [0.3, 0.4) is 0 Å². The van der Waals surface area contributed by atoms with Gasteiger partial charge in [0.15, 0.2) is 12.2 Å². The summed E-state index contributed by atoms with van der Waals surface area (Å²) in [5, 5.41) is 10.6. The van der Waals surface area contributed by atoms with Crippen molar-refractivity contribution in [1.29, 1.82) is 0 Å². The van der Waals surface area contributed by atoms with Gasteiger partial charge in [-0.15, -0.1) is 0 Å². The summed E-state index contributed by atoms with van der Waals surface area (Å²) >= 11 is 0. The molecule has 5 atom stereocenters. The lowest BCUT2D eigenvalue weighted by atomic mass is 10.0. The highest BCUT2D eigenvalue weighted by Crippen LogP contribution is 2.45. The van der Waals surface area contributed by atoms with E-state index in [-0.39, 0.29) is 25.7 Å². The second-order valence-electron chi connectivity index (χ2n) is 29.2. The summed E-state index contributed by atoms with van der Waals surface area (Å²) < 4.78 is 68.4. The first-order chi connectivity index (χ1) is 48.7. The Balaban J connectivity index is 5.07. The second-order valence-corrected chi connectivity index (χ2v) is 32.1. The molecule has 0 aliphatic heterocycles. The van der Waals surface area contributed by atoms with Crippen LogP contribution in [0.5, 0.6) is 0 Å². The first kappa shape index (κ1) is 98.1. The van der Waals surface area contributed by atoms with E-state index in [4.69, 9.17) is 37.0 Å². The van der Waals surface area contributed by atoms with E-state index in [1.165, 1.54) is 263 Å². The van der Waals surface area contributed by atoms with Gasteiger partial charge < -0.3 is 33.8 Å². The van der Waals surface area contributed by atoms with E-state index in [9.17, 15) is 43.2 Å². The molecular formula is C81H158O17P2. The van der Waals surface area contributed by atoms with Crippen LogP contribution in [0.2, 0.25) is 0 Å². The Hall–Kier alpha value is -1.94. The highest BCUT2D eigenvalue weighted by atomic mass is 31.2. The number of hydrogen-bond acceptors (Lipinski definition) is 15. The largest absolute Gasteiger partial charge is 0.472 e. The van der Waals surface area contributed by atoms with E-state index in [0.29, 0.717) is 25.7 Å². The average Bonchev–Trinajstić information content (AvgIpc) is 0.916. The van der Waals surface area contributed by atoms with Crippen molar-refractivity contribution < 1.29 is 80.2 Å². The van der Waals surface area contributed by atoms with E-state index >= 15 is 0 Å². The number of phosphoric ester groups is 2. The number of aliphatic hydroxyl groups is 1. The molecule has 3 N–H and O–H groups in total. The second kappa shape index (κ2) is 75.3. The fourth-order valence-electron chi connectivity index (χ4n) is 12.6. The number of rotatable bonds is 82. The number of esters is 4. The number of aliphatic hydroxyl groups excluding tert-OH is 1. The maximum Gasteiger partial charge on any atom is 0.472 e. The number of carbonyl (C=O) groups excluding carboxylic acids is 4. The molecule has 0 fully saturated rings. The van der Waals surface area contributed by atoms with Crippen molar-refractivity contribution in [2.45, 2.75) is 457 Å². The summed E-state index contributed by atoms with van der Waals surface area (Å²) in [7, 11) is -9.90. The predicted molar refractivity (Wildman–Crippen MR) is 409 cm³/mol. The van der Waals surface area contributed by atoms with E-state index < -0.39 is 97.5 Å². The lowest BCUT2D eigenvalue weighted by molar-refractivity contribution is -0.161. The minimum absolute atomic E-state index is 0.107. The molecule has 0 saturated carbocycles. The van der Waals surface area contributed by atoms with Gasteiger partial charge in [-0.05, 0) is 25.7 Å². The van der Waals surface area contributed by atoms with Gasteiger partial charge in [0.2, 0.25) is 0 Å². The van der Waals surface area contributed by atoms with Crippen molar-refractivity contribution in [1.82, 2.24) is 0 Å². The van der Waals surface area contributed by atoms with Crippen molar-refractivity contribution in [3.63, 3.8) is 0 Å². The van der Waals surface area contributed by atoms with Gasteiger partial charge in [-0.3, -0.25) is 37.3 Å². The normalized spacial score (nSPS) is 13.8. The molecule has 0 radical (unpaired) electrons. The van der Waals surface area contributed by atoms with Gasteiger partial charge in [-0.2, -0.15) is 0 Å². The quantitative estimate of drug-likeness (QED) is 0.0222. The first-order valence-corrected chi connectivity index (χ1v) is 45.3. The molecule has 0 heterocycles. The third-order valence-electron chi connectivity index (χ3n) is 19.1. The summed E-state index contributed by atoms with van der Waals surface area (Å²) in [5.74, 6) is -2.12. The molecule has 0 aliphatic carbocycles. The molecule has 0 amide bonds. The van der Waals surface area contributed by atoms with Crippen LogP contribution in [0.25, 0.3) is 0 Å². The van der Waals surface area contributed by atoms with Gasteiger partial charge in [0.05, 0.1) is 26.4 Å². The Bertz CT molecular complexity index is 1890. The average molecular weight is 1470 g/mol. The molecule has 0 aliphatic rings. The molecule has 0 aromatic rings. The molecule has 0 rings (SSSR count). The predicted octanol–water partition coefficient (Wildman–Crippen LogP) is 24.6. The van der Waals surface area contributed by atoms with Crippen LogP contribution in [0.1, 0.15) is 439 Å². The van der Waals surface area contributed by atoms with Gasteiger partial charge in [0.1, 0.15) is 19.3 Å². The smallest absolute Gasteiger partial charge is 0.462 e. The van der Waals surface area contributed by atoms with Crippen molar-refractivity contribution in [2.75, 3.05) is 39.6 Å². The number of hydrogen-bond donors (Lipinski definition) is 3. The lowest BCUT2D eigenvalue weighted by Crippen LogP contribution is -2.30. The third-order valence-corrected chi connectivity index (χ3v) is 21.0. The Morgan fingerprint density at radius 1 is 0.240 bits per heavy atom. The molecule has 0 saturated heterocycles. The maximum atomic E-state index is 13.1. The van der Waals surface area contributed by atoms with Crippen molar-refractivity contribution in [3.8, 4) is 0 Å². The SMILES string of the molecule is CCCCCCCCCCCCCCCCCCCCCCCCC(=O)OC[C@H](COP(=O)(O)OC[C@@H](O)COP(=O)(O)OC[C@@H](COC(=O)CCCCCCC)OC(=O)CCCCCCCCCCCCC)OC(=O)CCCCCCCCCCCCCCCCCCCCCCCC. The molecule has 0 bridgehead atoms. The number of phosphoric acid groups is 2. The van der Waals surface area contributed by atoms with Crippen LogP contribution in [-0.2, 0) is 65.4 Å². The highest BCUT2D eigenvalue weighted by Gasteiger charge is 2.30. The van der Waals surface area contributed by atoms with E-state index in [2.05, 4.69) is 27.7 Å². The van der Waals surface area contributed by atoms with Gasteiger partial charge in [0, 0.05) is 25.7 Å². The first-order valence-electron chi connectivity index (χ1n) is 42.3. The fraction of sp³-hybridized carbons (Fsp3) is 0.951. The van der Waals surface area contributed by atoms with Crippen LogP contribution < -0.4 is 0 Å². The molecule has 19 heteroatoms. The zero-order valence-corrected chi connectivity index (χ0v) is 67.0. The minimum atomic E-state index is -4.96. The summed E-state index contributed by atoms with van der Waals surface area (Å²) in [5.41, 5.74) is 0. The Morgan fingerprint density at radius 2 is 0.400 bits per heavy atom. The number of ether oxygens (including phenoxy) is 4. The summed E-state index contributed by atoms with van der Waals surface area (Å²) in [4.78, 5) is 72.6. The molecule has 2 unspecified atom stereocenters. The Kier molecular flexibility index (Phi) is 73.8. The van der Waals surface area contributed by atoms with Crippen LogP contribution >= 0.6 is 15.6 Å². The molecule has 100 heavy (non-hydrogen) atoms. The van der Waals surface area contributed by atoms with Crippen LogP contribution in [0, 0.1) is 0 Å². The van der Waals surface area contributed by atoms with Gasteiger partial charge in [-0.25, -0.2) is 9.13 Å². The summed E-state index contributed by atoms with van der Waals surface area (Å²) in [6.45, 7) is 4.91. The molecular weight excluding hydrogens is 1310 g/mol. The van der Waals surface area contributed by atoms with Crippen molar-refractivity contribution >= 4 is 39.5 Å². The summed E-state index contributed by atoms with van der Waals surface area (Å²) in [6, 6.07) is 0. The zero-order valence-electron chi connectivity index (χ0n) is 65.2. The third kappa shape index (κ3) is 74.3. The Labute approximate surface area is 613 Å².